The first-order chi connectivity index (χ1) is 14.9. The highest BCUT2D eigenvalue weighted by Gasteiger charge is 2.34. The lowest BCUT2D eigenvalue weighted by Crippen LogP contribution is -2.39. The molecule has 0 radical (unpaired) electrons. The lowest BCUT2D eigenvalue weighted by molar-refractivity contribution is 0.0890. The van der Waals surface area contributed by atoms with Crippen LogP contribution < -0.4 is 5.32 Å². The van der Waals surface area contributed by atoms with E-state index in [0.29, 0.717) is 31.0 Å². The molecule has 1 atom stereocenters. The number of hydrogen-bond acceptors (Lipinski definition) is 6. The fourth-order valence-corrected chi connectivity index (χ4v) is 6.24. The molecule has 1 aliphatic carbocycles. The number of piperidine rings is 1. The largest absolute Gasteiger partial charge is 0.351 e. The minimum Gasteiger partial charge on any atom is -0.351 e. The SMILES string of the molecule is CCn1cc(S(=O)(=O)N2CCCC(c3cc(C(=O)NC4CCCCC4)on3)C2)c(C)n1. The molecule has 1 amide bonds. The first-order valence-electron chi connectivity index (χ1n) is 11.2. The van der Waals surface area contributed by atoms with E-state index in [2.05, 4.69) is 15.6 Å². The predicted molar refractivity (Wildman–Crippen MR) is 114 cm³/mol. The van der Waals surface area contributed by atoms with Crippen LogP contribution in [0.25, 0.3) is 0 Å². The third-order valence-electron chi connectivity index (χ3n) is 6.34. The number of nitrogens with zero attached hydrogens (tertiary/aromatic N) is 4. The molecule has 1 N–H and O–H groups in total. The van der Waals surface area contributed by atoms with Gasteiger partial charge in [-0.05, 0) is 39.5 Å². The maximum absolute atomic E-state index is 13.2. The zero-order valence-electron chi connectivity index (χ0n) is 18.2. The lowest BCUT2D eigenvalue weighted by Gasteiger charge is -2.30. The van der Waals surface area contributed by atoms with Gasteiger partial charge in [0.25, 0.3) is 5.91 Å². The number of aryl methyl sites for hydroxylation is 2. The minimum absolute atomic E-state index is 0.106. The Morgan fingerprint density at radius 2 is 2.00 bits per heavy atom. The van der Waals surface area contributed by atoms with Crippen molar-refractivity contribution in [3.8, 4) is 0 Å². The highest BCUT2D eigenvalue weighted by molar-refractivity contribution is 7.89. The van der Waals surface area contributed by atoms with Crippen LogP contribution in [0.5, 0.6) is 0 Å². The number of amides is 1. The van der Waals surface area contributed by atoms with Gasteiger partial charge in [-0.15, -0.1) is 0 Å². The lowest BCUT2D eigenvalue weighted by atomic mass is 9.95. The molecular weight excluding hydrogens is 418 g/mol. The molecule has 0 aromatic carbocycles. The van der Waals surface area contributed by atoms with Crippen molar-refractivity contribution in [1.29, 1.82) is 0 Å². The standard InChI is InChI=1S/C21H31N5O4S/c1-3-25-14-20(15(2)23-25)31(28,29)26-11-7-8-16(13-26)18-12-19(30-24-18)21(27)22-17-9-5-4-6-10-17/h12,14,16-17H,3-11,13H2,1-2H3,(H,22,27). The molecule has 1 aliphatic heterocycles. The molecule has 3 heterocycles. The summed E-state index contributed by atoms with van der Waals surface area (Å²) in [5, 5.41) is 11.4. The summed E-state index contributed by atoms with van der Waals surface area (Å²) < 4.78 is 34.9. The second-order valence-corrected chi connectivity index (χ2v) is 10.5. The Morgan fingerprint density at radius 1 is 1.23 bits per heavy atom. The monoisotopic (exact) mass is 449 g/mol. The summed E-state index contributed by atoms with van der Waals surface area (Å²) in [6.07, 6.45) is 8.60. The van der Waals surface area contributed by atoms with Crippen molar-refractivity contribution < 1.29 is 17.7 Å². The third-order valence-corrected chi connectivity index (χ3v) is 8.31. The van der Waals surface area contributed by atoms with Gasteiger partial charge in [-0.3, -0.25) is 9.48 Å². The van der Waals surface area contributed by atoms with E-state index in [1.807, 2.05) is 6.92 Å². The van der Waals surface area contributed by atoms with E-state index in [0.717, 1.165) is 38.5 Å². The van der Waals surface area contributed by atoms with Crippen molar-refractivity contribution in [1.82, 2.24) is 24.6 Å². The molecule has 4 rings (SSSR count). The molecule has 0 spiro atoms. The van der Waals surface area contributed by atoms with Gasteiger partial charge in [0.1, 0.15) is 4.90 Å². The summed E-state index contributed by atoms with van der Waals surface area (Å²) in [6, 6.07) is 1.86. The van der Waals surface area contributed by atoms with Crippen molar-refractivity contribution in [2.24, 2.45) is 0 Å². The Kier molecular flexibility index (Phi) is 6.47. The predicted octanol–water partition coefficient (Wildman–Crippen LogP) is 2.83. The molecule has 1 saturated carbocycles. The Morgan fingerprint density at radius 3 is 2.71 bits per heavy atom. The van der Waals surface area contributed by atoms with Gasteiger partial charge in [0.2, 0.25) is 15.8 Å². The smallest absolute Gasteiger partial charge is 0.290 e. The van der Waals surface area contributed by atoms with Crippen molar-refractivity contribution in [3.05, 3.63) is 29.4 Å². The first kappa shape index (κ1) is 22.0. The van der Waals surface area contributed by atoms with E-state index in [4.69, 9.17) is 4.52 Å². The van der Waals surface area contributed by atoms with Crippen LogP contribution in [0.1, 0.15) is 79.7 Å². The van der Waals surface area contributed by atoms with Gasteiger partial charge in [0.05, 0.1) is 11.4 Å². The van der Waals surface area contributed by atoms with Gasteiger partial charge in [0.15, 0.2) is 0 Å². The third kappa shape index (κ3) is 4.69. The van der Waals surface area contributed by atoms with Crippen LogP contribution in [0.4, 0.5) is 0 Å². The average Bonchev–Trinajstić information content (AvgIpc) is 3.42. The number of carbonyl (C=O) groups excluding carboxylic acids is 1. The summed E-state index contributed by atoms with van der Waals surface area (Å²) >= 11 is 0. The number of nitrogens with one attached hydrogen (secondary N) is 1. The maximum atomic E-state index is 13.2. The van der Waals surface area contributed by atoms with E-state index in [9.17, 15) is 13.2 Å². The normalized spacial score (nSPS) is 21.3. The Bertz CT molecular complexity index is 1020. The van der Waals surface area contributed by atoms with E-state index >= 15 is 0 Å². The summed E-state index contributed by atoms with van der Waals surface area (Å²) in [5.41, 5.74) is 1.14. The summed E-state index contributed by atoms with van der Waals surface area (Å²) in [4.78, 5) is 12.8. The second-order valence-electron chi connectivity index (χ2n) is 8.56. The van der Waals surface area contributed by atoms with Gasteiger partial charge in [0, 0.05) is 43.9 Å². The van der Waals surface area contributed by atoms with Crippen molar-refractivity contribution in [3.63, 3.8) is 0 Å². The van der Waals surface area contributed by atoms with E-state index in [1.54, 1.807) is 23.9 Å². The van der Waals surface area contributed by atoms with Crippen LogP contribution in [0.3, 0.4) is 0 Å². The van der Waals surface area contributed by atoms with Gasteiger partial charge < -0.3 is 9.84 Å². The zero-order chi connectivity index (χ0) is 22.0. The number of hydrogen-bond donors (Lipinski definition) is 1. The highest BCUT2D eigenvalue weighted by Crippen LogP contribution is 2.31. The fraction of sp³-hybridized carbons (Fsp3) is 0.667. The molecule has 0 bridgehead atoms. The average molecular weight is 450 g/mol. The quantitative estimate of drug-likeness (QED) is 0.726. The summed E-state index contributed by atoms with van der Waals surface area (Å²) in [7, 11) is -3.64. The molecule has 2 aromatic heterocycles. The molecule has 10 heteroatoms. The molecule has 170 valence electrons. The van der Waals surface area contributed by atoms with Crippen molar-refractivity contribution >= 4 is 15.9 Å². The molecule has 2 aliphatic rings. The first-order valence-corrected chi connectivity index (χ1v) is 12.6. The molecule has 1 saturated heterocycles. The van der Waals surface area contributed by atoms with E-state index < -0.39 is 10.0 Å². The van der Waals surface area contributed by atoms with Crippen LogP contribution >= 0.6 is 0 Å². The molecule has 9 nitrogen and oxygen atoms in total. The Hall–Kier alpha value is -2.20. The number of carbonyl (C=O) groups is 1. The van der Waals surface area contributed by atoms with Crippen LogP contribution in [0, 0.1) is 6.92 Å². The van der Waals surface area contributed by atoms with Crippen LogP contribution in [0.2, 0.25) is 0 Å². The highest BCUT2D eigenvalue weighted by atomic mass is 32.2. The van der Waals surface area contributed by atoms with Crippen LogP contribution in [-0.2, 0) is 16.6 Å². The molecule has 2 fully saturated rings. The second kappa shape index (κ2) is 9.12. The summed E-state index contributed by atoms with van der Waals surface area (Å²) in [6.45, 7) is 5.03. The zero-order valence-corrected chi connectivity index (χ0v) is 19.0. The van der Waals surface area contributed by atoms with Crippen molar-refractivity contribution in [2.75, 3.05) is 13.1 Å². The number of sulfonamides is 1. The van der Waals surface area contributed by atoms with Gasteiger partial charge >= 0.3 is 0 Å². The fourth-order valence-electron chi connectivity index (χ4n) is 4.55. The number of rotatable bonds is 6. The maximum Gasteiger partial charge on any atom is 0.290 e. The Balaban J connectivity index is 1.45. The van der Waals surface area contributed by atoms with E-state index in [1.165, 1.54) is 10.7 Å². The molecule has 2 aromatic rings. The topological polar surface area (TPSA) is 110 Å². The van der Waals surface area contributed by atoms with Crippen molar-refractivity contribution in [2.45, 2.75) is 82.2 Å². The Labute approximate surface area is 183 Å². The summed E-state index contributed by atoms with van der Waals surface area (Å²) in [5.74, 6) is -0.154. The van der Waals surface area contributed by atoms with Crippen LogP contribution in [-0.4, -0.2) is 52.7 Å². The minimum atomic E-state index is -3.64. The van der Waals surface area contributed by atoms with Gasteiger partial charge in [-0.1, -0.05) is 24.4 Å². The van der Waals surface area contributed by atoms with Gasteiger partial charge in [-0.2, -0.15) is 9.40 Å². The van der Waals surface area contributed by atoms with Crippen LogP contribution in [0.15, 0.2) is 21.7 Å². The van der Waals surface area contributed by atoms with E-state index in [-0.39, 0.29) is 28.5 Å². The number of aromatic nitrogens is 3. The molecular formula is C21H31N5O4S. The molecule has 31 heavy (non-hydrogen) atoms. The van der Waals surface area contributed by atoms with Gasteiger partial charge in [-0.25, -0.2) is 8.42 Å². The molecule has 1 unspecified atom stereocenters.